The highest BCUT2D eigenvalue weighted by atomic mass is 79.9. The van der Waals surface area contributed by atoms with Gasteiger partial charge in [0.1, 0.15) is 5.69 Å². The van der Waals surface area contributed by atoms with Gasteiger partial charge in [0.15, 0.2) is 5.15 Å². The molecule has 4 nitrogen and oxygen atoms in total. The standard InChI is InChI=1S/C9H7BrClN3OS/c10-5-1-2-16-6(5)3-14-4-13-8(11)7(12)9(14)15/h1-2,4H,3,12H2. The van der Waals surface area contributed by atoms with Gasteiger partial charge < -0.3 is 5.73 Å². The summed E-state index contributed by atoms with van der Waals surface area (Å²) in [5.74, 6) is 0. The first kappa shape index (κ1) is 11.6. The second-order valence-electron chi connectivity index (χ2n) is 3.07. The van der Waals surface area contributed by atoms with E-state index in [-0.39, 0.29) is 16.4 Å². The molecule has 0 radical (unpaired) electrons. The minimum absolute atomic E-state index is 0.0168. The van der Waals surface area contributed by atoms with Crippen molar-refractivity contribution in [1.29, 1.82) is 0 Å². The van der Waals surface area contributed by atoms with Gasteiger partial charge in [-0.25, -0.2) is 4.98 Å². The summed E-state index contributed by atoms with van der Waals surface area (Å²) in [6, 6.07) is 1.93. The zero-order valence-corrected chi connectivity index (χ0v) is 11.1. The maximum Gasteiger partial charge on any atom is 0.278 e. The summed E-state index contributed by atoms with van der Waals surface area (Å²) >= 11 is 10.6. The predicted octanol–water partition coefficient (Wildman–Crippen LogP) is 2.35. The van der Waals surface area contributed by atoms with Crippen LogP contribution in [0.25, 0.3) is 0 Å². The van der Waals surface area contributed by atoms with Gasteiger partial charge in [-0.15, -0.1) is 11.3 Å². The Morgan fingerprint density at radius 3 is 3.00 bits per heavy atom. The van der Waals surface area contributed by atoms with E-state index in [1.165, 1.54) is 10.9 Å². The number of hydrogen-bond acceptors (Lipinski definition) is 4. The van der Waals surface area contributed by atoms with Gasteiger partial charge in [0.2, 0.25) is 0 Å². The van der Waals surface area contributed by atoms with E-state index in [2.05, 4.69) is 20.9 Å². The molecule has 0 atom stereocenters. The van der Waals surface area contributed by atoms with Crippen LogP contribution >= 0.6 is 38.9 Å². The second-order valence-corrected chi connectivity index (χ2v) is 5.29. The number of rotatable bonds is 2. The van der Waals surface area contributed by atoms with Gasteiger partial charge in [-0.2, -0.15) is 0 Å². The third-order valence-corrected chi connectivity index (χ3v) is 4.24. The van der Waals surface area contributed by atoms with Gasteiger partial charge in [0.05, 0.1) is 12.9 Å². The average molecular weight is 321 g/mol. The van der Waals surface area contributed by atoms with Gasteiger partial charge in [-0.3, -0.25) is 9.36 Å². The molecule has 0 amide bonds. The molecule has 0 aromatic carbocycles. The van der Waals surface area contributed by atoms with Crippen molar-refractivity contribution in [2.75, 3.05) is 5.73 Å². The van der Waals surface area contributed by atoms with Crippen molar-refractivity contribution in [3.63, 3.8) is 0 Å². The lowest BCUT2D eigenvalue weighted by atomic mass is 10.4. The van der Waals surface area contributed by atoms with Gasteiger partial charge >= 0.3 is 0 Å². The van der Waals surface area contributed by atoms with Crippen LogP contribution in [0, 0.1) is 0 Å². The molecule has 0 aliphatic heterocycles. The largest absolute Gasteiger partial charge is 0.392 e. The summed E-state index contributed by atoms with van der Waals surface area (Å²) in [5, 5.41) is 1.99. The minimum atomic E-state index is -0.319. The van der Waals surface area contributed by atoms with Crippen molar-refractivity contribution in [2.24, 2.45) is 0 Å². The second kappa shape index (κ2) is 4.57. The fourth-order valence-electron chi connectivity index (χ4n) is 1.19. The molecule has 0 unspecified atom stereocenters. The smallest absolute Gasteiger partial charge is 0.278 e. The van der Waals surface area contributed by atoms with Crippen molar-refractivity contribution in [3.05, 3.63) is 42.6 Å². The lowest BCUT2D eigenvalue weighted by Gasteiger charge is -2.05. The summed E-state index contributed by atoms with van der Waals surface area (Å²) in [5.41, 5.74) is 5.18. The molecule has 2 aromatic rings. The quantitative estimate of drug-likeness (QED) is 0.864. The van der Waals surface area contributed by atoms with Crippen LogP contribution < -0.4 is 11.3 Å². The van der Waals surface area contributed by atoms with Gasteiger partial charge in [-0.1, -0.05) is 11.6 Å². The molecule has 0 aliphatic rings. The number of nitrogens with two attached hydrogens (primary N) is 1. The maximum absolute atomic E-state index is 11.7. The molecule has 0 spiro atoms. The Kier molecular flexibility index (Phi) is 3.32. The fourth-order valence-corrected chi connectivity index (χ4v) is 2.79. The van der Waals surface area contributed by atoms with Crippen LogP contribution in [-0.2, 0) is 6.54 Å². The molecule has 2 rings (SSSR count). The highest BCUT2D eigenvalue weighted by Gasteiger charge is 2.08. The van der Waals surface area contributed by atoms with E-state index in [0.29, 0.717) is 6.54 Å². The molecule has 0 fully saturated rings. The first-order valence-corrected chi connectivity index (χ1v) is 6.37. The molecule has 2 aromatic heterocycles. The van der Waals surface area contributed by atoms with E-state index in [4.69, 9.17) is 17.3 Å². The molecule has 84 valence electrons. The van der Waals surface area contributed by atoms with Crippen molar-refractivity contribution in [1.82, 2.24) is 9.55 Å². The molecule has 0 saturated heterocycles. The number of anilines is 1. The number of halogens is 2. The van der Waals surface area contributed by atoms with Crippen LogP contribution in [0.1, 0.15) is 4.88 Å². The summed E-state index contributed by atoms with van der Waals surface area (Å²) in [4.78, 5) is 16.6. The van der Waals surface area contributed by atoms with E-state index in [1.807, 2.05) is 11.4 Å². The number of aromatic nitrogens is 2. The summed E-state index contributed by atoms with van der Waals surface area (Å²) in [6.07, 6.45) is 1.40. The van der Waals surface area contributed by atoms with Crippen molar-refractivity contribution >= 4 is 44.6 Å². The first-order valence-electron chi connectivity index (χ1n) is 4.32. The number of nitrogen functional groups attached to an aromatic ring is 1. The van der Waals surface area contributed by atoms with E-state index < -0.39 is 0 Å². The highest BCUT2D eigenvalue weighted by molar-refractivity contribution is 9.10. The van der Waals surface area contributed by atoms with Gasteiger partial charge in [0, 0.05) is 9.35 Å². The minimum Gasteiger partial charge on any atom is -0.392 e. The van der Waals surface area contributed by atoms with Crippen molar-refractivity contribution in [2.45, 2.75) is 6.54 Å². The zero-order valence-electron chi connectivity index (χ0n) is 7.98. The summed E-state index contributed by atoms with van der Waals surface area (Å²) in [7, 11) is 0. The number of hydrogen-bond donors (Lipinski definition) is 1. The molecule has 7 heteroatoms. The molecule has 0 aliphatic carbocycles. The molecular weight excluding hydrogens is 314 g/mol. The lowest BCUT2D eigenvalue weighted by Crippen LogP contribution is -2.23. The summed E-state index contributed by atoms with van der Waals surface area (Å²) < 4.78 is 2.40. The van der Waals surface area contributed by atoms with Crippen LogP contribution in [0.15, 0.2) is 27.0 Å². The van der Waals surface area contributed by atoms with E-state index in [9.17, 15) is 4.79 Å². The Balaban J connectivity index is 2.40. The molecule has 0 saturated carbocycles. The van der Waals surface area contributed by atoms with Crippen LogP contribution in [0.5, 0.6) is 0 Å². The van der Waals surface area contributed by atoms with Crippen LogP contribution in [-0.4, -0.2) is 9.55 Å². The Labute approximate surface area is 109 Å². The number of nitrogens with zero attached hydrogens (tertiary/aromatic N) is 2. The normalized spacial score (nSPS) is 10.6. The van der Waals surface area contributed by atoms with Crippen molar-refractivity contribution < 1.29 is 0 Å². The molecule has 2 N–H and O–H groups in total. The molecular formula is C9H7BrClN3OS. The van der Waals surface area contributed by atoms with Gasteiger partial charge in [0.25, 0.3) is 5.56 Å². The van der Waals surface area contributed by atoms with E-state index >= 15 is 0 Å². The topological polar surface area (TPSA) is 60.9 Å². The Hall–Kier alpha value is -0.850. The summed E-state index contributed by atoms with van der Waals surface area (Å²) in [6.45, 7) is 0.436. The van der Waals surface area contributed by atoms with Crippen LogP contribution in [0.3, 0.4) is 0 Å². The molecule has 16 heavy (non-hydrogen) atoms. The van der Waals surface area contributed by atoms with Crippen LogP contribution in [0.4, 0.5) is 5.69 Å². The predicted molar refractivity (Wildman–Crippen MR) is 69.0 cm³/mol. The third kappa shape index (κ3) is 2.14. The Morgan fingerprint density at radius 2 is 2.38 bits per heavy atom. The lowest BCUT2D eigenvalue weighted by molar-refractivity contribution is 0.747. The Bertz CT molecular complexity index is 580. The van der Waals surface area contributed by atoms with Gasteiger partial charge in [-0.05, 0) is 27.4 Å². The highest BCUT2D eigenvalue weighted by Crippen LogP contribution is 2.23. The first-order chi connectivity index (χ1) is 7.59. The fraction of sp³-hybridized carbons (Fsp3) is 0.111. The zero-order chi connectivity index (χ0) is 11.7. The number of thiophene rings is 1. The third-order valence-electron chi connectivity index (χ3n) is 2.03. The van der Waals surface area contributed by atoms with Crippen molar-refractivity contribution in [3.8, 4) is 0 Å². The molecule has 2 heterocycles. The monoisotopic (exact) mass is 319 g/mol. The Morgan fingerprint density at radius 1 is 1.62 bits per heavy atom. The van der Waals surface area contributed by atoms with E-state index in [0.717, 1.165) is 9.35 Å². The average Bonchev–Trinajstić information content (AvgIpc) is 2.65. The van der Waals surface area contributed by atoms with E-state index in [1.54, 1.807) is 11.3 Å². The molecule has 0 bridgehead atoms. The SMILES string of the molecule is Nc1c(Cl)ncn(Cc2sccc2Br)c1=O. The maximum atomic E-state index is 11.7. The van der Waals surface area contributed by atoms with Crippen LogP contribution in [0.2, 0.25) is 5.15 Å².